The van der Waals surface area contributed by atoms with Gasteiger partial charge in [-0.15, -0.1) is 0 Å². The molecule has 25 heavy (non-hydrogen) atoms. The fourth-order valence-corrected chi connectivity index (χ4v) is 4.27. The highest BCUT2D eigenvalue weighted by Crippen LogP contribution is 2.45. The quantitative estimate of drug-likeness (QED) is 0.314. The first kappa shape index (κ1) is 15.9. The molecule has 1 atom stereocenters. The van der Waals surface area contributed by atoms with Crippen molar-refractivity contribution in [2.24, 2.45) is 0 Å². The van der Waals surface area contributed by atoms with E-state index in [4.69, 9.17) is 9.05 Å². The molecule has 0 aromatic heterocycles. The van der Waals surface area contributed by atoms with Crippen molar-refractivity contribution in [3.63, 3.8) is 0 Å². The first-order valence-electron chi connectivity index (χ1n) is 7.75. The summed E-state index contributed by atoms with van der Waals surface area (Å²) in [6.07, 6.45) is 1.54. The molecule has 1 aliphatic heterocycles. The zero-order valence-corrected chi connectivity index (χ0v) is 14.9. The highest BCUT2D eigenvalue weighted by Gasteiger charge is 2.25. The van der Waals surface area contributed by atoms with Gasteiger partial charge in [0.25, 0.3) is 0 Å². The third kappa shape index (κ3) is 3.46. The molecule has 0 spiro atoms. The van der Waals surface area contributed by atoms with Gasteiger partial charge in [-0.25, -0.2) is 9.05 Å². The number of hydrogen-bond donors (Lipinski definition) is 0. The molecular weight excluding hydrogens is 351 g/mol. The predicted molar refractivity (Wildman–Crippen MR) is 99.8 cm³/mol. The van der Waals surface area contributed by atoms with E-state index >= 15 is 0 Å². The summed E-state index contributed by atoms with van der Waals surface area (Å²) in [6, 6.07) is 25.2. The van der Waals surface area contributed by atoms with Crippen LogP contribution in [-0.4, -0.2) is 0 Å². The molecule has 5 heteroatoms. The Labute approximate surface area is 151 Å². The van der Waals surface area contributed by atoms with Crippen LogP contribution in [0.3, 0.4) is 0 Å². The minimum atomic E-state index is -2.29. The maximum Gasteiger partial charge on any atom is 0.804 e. The Balaban J connectivity index is 1.63. The van der Waals surface area contributed by atoms with Gasteiger partial charge in [-0.2, -0.15) is 0 Å². The van der Waals surface area contributed by atoms with Gasteiger partial charge in [-0.3, -0.25) is 0 Å². The molecule has 122 valence electrons. The molecule has 1 aliphatic rings. The van der Waals surface area contributed by atoms with Crippen molar-refractivity contribution < 1.29 is 13.6 Å². The summed E-state index contributed by atoms with van der Waals surface area (Å²) in [6.45, 7) is 0. The van der Waals surface area contributed by atoms with Crippen LogP contribution in [0.4, 0.5) is 0 Å². The van der Waals surface area contributed by atoms with Crippen molar-refractivity contribution in [1.29, 1.82) is 0 Å². The molecule has 0 fully saturated rings. The van der Waals surface area contributed by atoms with E-state index in [2.05, 4.69) is 12.1 Å². The van der Waals surface area contributed by atoms with Gasteiger partial charge in [-0.05, 0) is 35.4 Å². The number of hydrogen-bond acceptors (Lipinski definition) is 4. The number of fused-ring (bicyclic) bond motifs is 2. The van der Waals surface area contributed by atoms with Crippen LogP contribution in [0.2, 0.25) is 0 Å². The number of benzene rings is 3. The largest absolute Gasteiger partial charge is 0.804 e. The van der Waals surface area contributed by atoms with Crippen LogP contribution in [0.5, 0.6) is 5.75 Å². The maximum absolute atomic E-state index is 12.1. The molecule has 0 aliphatic carbocycles. The molecule has 0 N–H and O–H groups in total. The lowest BCUT2D eigenvalue weighted by molar-refractivity contribution is 0.384. The molecule has 0 bridgehead atoms. The molecule has 3 nitrogen and oxygen atoms in total. The molecule has 4 rings (SSSR count). The minimum Gasteiger partial charge on any atom is -0.229 e. The zero-order valence-electron chi connectivity index (χ0n) is 13.2. The van der Waals surface area contributed by atoms with E-state index < -0.39 is 8.25 Å². The molecule has 1 heterocycles. The van der Waals surface area contributed by atoms with Crippen LogP contribution in [0.1, 0.15) is 11.1 Å². The molecule has 0 amide bonds. The summed E-state index contributed by atoms with van der Waals surface area (Å²) in [7, 11) is -2.29. The average Bonchev–Trinajstić information content (AvgIpc) is 2.66. The van der Waals surface area contributed by atoms with Crippen LogP contribution in [-0.2, 0) is 9.09 Å². The van der Waals surface area contributed by atoms with Crippen LogP contribution in [0, 0.1) is 0 Å². The monoisotopic (exact) mass is 365 g/mol. The summed E-state index contributed by atoms with van der Waals surface area (Å²) < 4.78 is 22.9. The van der Waals surface area contributed by atoms with Crippen molar-refractivity contribution in [3.8, 4) is 5.75 Å². The van der Waals surface area contributed by atoms with Gasteiger partial charge in [-0.1, -0.05) is 66.4 Å². The topological polar surface area (TPSA) is 35.5 Å². The fraction of sp³-hybridized carbons (Fsp3) is 0. The van der Waals surface area contributed by atoms with Crippen molar-refractivity contribution in [3.05, 3.63) is 96.3 Å². The molecule has 0 saturated heterocycles. The van der Waals surface area contributed by atoms with Gasteiger partial charge in [0.2, 0.25) is 0 Å². The molecular formula is C20H14O3PS+. The summed E-state index contributed by atoms with van der Waals surface area (Å²) in [5.41, 5.74) is 3.04. The molecule has 3 aromatic rings. The van der Waals surface area contributed by atoms with Gasteiger partial charge < -0.3 is 0 Å². The first-order chi connectivity index (χ1) is 12.3. The normalized spacial score (nSPS) is 12.6. The molecule has 3 aromatic carbocycles. The van der Waals surface area contributed by atoms with E-state index in [1.807, 2.05) is 54.6 Å². The Hall–Kier alpha value is -2.55. The highest BCUT2D eigenvalue weighted by atomic mass is 32.2. The smallest absolute Gasteiger partial charge is 0.229 e. The van der Waals surface area contributed by atoms with E-state index in [0.717, 1.165) is 26.5 Å². The van der Waals surface area contributed by atoms with Crippen LogP contribution in [0.25, 0.3) is 5.57 Å². The Kier molecular flexibility index (Phi) is 4.55. The van der Waals surface area contributed by atoms with Gasteiger partial charge in [0, 0.05) is 19.9 Å². The zero-order chi connectivity index (χ0) is 17.1. The third-order valence-corrected chi connectivity index (χ3v) is 5.54. The maximum atomic E-state index is 12.1. The van der Waals surface area contributed by atoms with E-state index in [9.17, 15) is 4.57 Å². The van der Waals surface area contributed by atoms with Crippen molar-refractivity contribution >= 4 is 25.6 Å². The lowest BCUT2D eigenvalue weighted by Gasteiger charge is -2.20. The number of para-hydroxylation sites is 1. The molecule has 0 saturated carbocycles. The summed E-state index contributed by atoms with van der Waals surface area (Å²) in [5.74, 6) is 0.516. The Morgan fingerprint density at radius 3 is 1.96 bits per heavy atom. The molecule has 0 radical (unpaired) electrons. The average molecular weight is 365 g/mol. The van der Waals surface area contributed by atoms with Crippen LogP contribution >= 0.6 is 20.0 Å². The Morgan fingerprint density at radius 1 is 0.760 bits per heavy atom. The van der Waals surface area contributed by atoms with Crippen LogP contribution in [0.15, 0.2) is 94.9 Å². The lowest BCUT2D eigenvalue weighted by atomic mass is 9.98. The van der Waals surface area contributed by atoms with Gasteiger partial charge in [0.15, 0.2) is 12.0 Å². The lowest BCUT2D eigenvalue weighted by Crippen LogP contribution is -1.99. The van der Waals surface area contributed by atoms with Gasteiger partial charge >= 0.3 is 8.25 Å². The standard InChI is InChI=1S/C20H14O3PS/c21-24(23-15-8-2-1-3-9-15)22-14-18-16-10-4-6-12-19(16)25-20-13-7-5-11-17(18)20/h1-14H/q+1. The second kappa shape index (κ2) is 7.14. The summed E-state index contributed by atoms with van der Waals surface area (Å²) in [5, 5.41) is 0. The van der Waals surface area contributed by atoms with E-state index in [0.29, 0.717) is 5.75 Å². The Morgan fingerprint density at radius 2 is 1.32 bits per heavy atom. The Bertz CT molecular complexity index is 906. The van der Waals surface area contributed by atoms with Crippen molar-refractivity contribution in [2.75, 3.05) is 0 Å². The van der Waals surface area contributed by atoms with Gasteiger partial charge in [0.05, 0.1) is 0 Å². The summed E-state index contributed by atoms with van der Waals surface area (Å²) >= 11 is 1.72. The van der Waals surface area contributed by atoms with Crippen molar-refractivity contribution in [1.82, 2.24) is 0 Å². The summed E-state index contributed by atoms with van der Waals surface area (Å²) in [4.78, 5) is 2.30. The second-order valence-corrected chi connectivity index (χ2v) is 7.28. The predicted octanol–water partition coefficient (Wildman–Crippen LogP) is 6.29. The van der Waals surface area contributed by atoms with Crippen molar-refractivity contribution in [2.45, 2.75) is 9.79 Å². The van der Waals surface area contributed by atoms with Crippen LogP contribution < -0.4 is 4.52 Å². The minimum absolute atomic E-state index is 0.516. The third-order valence-electron chi connectivity index (χ3n) is 3.75. The highest BCUT2D eigenvalue weighted by molar-refractivity contribution is 7.99. The van der Waals surface area contributed by atoms with E-state index in [1.54, 1.807) is 30.2 Å². The van der Waals surface area contributed by atoms with E-state index in [1.165, 1.54) is 0 Å². The fourth-order valence-electron chi connectivity index (χ4n) is 2.63. The number of rotatable bonds is 4. The second-order valence-electron chi connectivity index (χ2n) is 5.36. The molecule has 1 unspecified atom stereocenters. The first-order valence-corrected chi connectivity index (χ1v) is 9.66. The van der Waals surface area contributed by atoms with E-state index in [-0.39, 0.29) is 0 Å². The van der Waals surface area contributed by atoms with Gasteiger partial charge in [0.1, 0.15) is 0 Å². The SMILES string of the molecule is O=[P+](OC=C1c2ccccc2Sc2ccccc21)Oc1ccccc1.